The van der Waals surface area contributed by atoms with Gasteiger partial charge in [0.15, 0.2) is 0 Å². The van der Waals surface area contributed by atoms with Gasteiger partial charge in [-0.2, -0.15) is 0 Å². The quantitative estimate of drug-likeness (QED) is 0.547. The van der Waals surface area contributed by atoms with Crippen LogP contribution in [0.2, 0.25) is 0 Å². The summed E-state index contributed by atoms with van der Waals surface area (Å²) in [6.45, 7) is 5.01. The third kappa shape index (κ3) is 2.06. The number of hydrogen-bond donors (Lipinski definition) is 3. The van der Waals surface area contributed by atoms with Crippen LogP contribution < -0.4 is 10.6 Å². The van der Waals surface area contributed by atoms with E-state index in [1.54, 1.807) is 6.20 Å². The maximum Gasteiger partial charge on any atom is 0.140 e. The van der Waals surface area contributed by atoms with Crippen LogP contribution in [0.15, 0.2) is 12.3 Å². The Balaban J connectivity index is 2.45. The van der Waals surface area contributed by atoms with E-state index in [1.807, 2.05) is 13.0 Å². The molecule has 2 atom stereocenters. The predicted octanol–water partition coefficient (Wildman–Crippen LogP) is 0.881. The van der Waals surface area contributed by atoms with Gasteiger partial charge in [-0.25, -0.2) is 4.98 Å². The van der Waals surface area contributed by atoms with E-state index in [1.165, 1.54) is 0 Å². The number of aliphatic hydroxyl groups is 1. The van der Waals surface area contributed by atoms with Gasteiger partial charge in [-0.1, -0.05) is 6.92 Å². The molecule has 5 nitrogen and oxygen atoms in total. The van der Waals surface area contributed by atoms with Crippen molar-refractivity contribution in [3.8, 4) is 0 Å². The molecule has 4 N–H and O–H groups in total. The molecular weight excluding hydrogens is 228 g/mol. The van der Waals surface area contributed by atoms with Crippen molar-refractivity contribution in [2.24, 2.45) is 11.7 Å². The average Bonchev–Trinajstić information content (AvgIpc) is 2.69. The summed E-state index contributed by atoms with van der Waals surface area (Å²) in [5, 5.41) is 17.2. The van der Waals surface area contributed by atoms with Crippen LogP contribution in [0.3, 0.4) is 0 Å². The molecule has 0 radical (unpaired) electrons. The maximum absolute atomic E-state index is 9.51. The standard InChI is InChI=1S/C13H20N4O/c1-8-4-6-17(10(8)7-18)13-11(12(14)15)9(2)3-5-16-13/h3,5,8,10,18H,4,6-7H2,1-2H3,(H3,14,15). The van der Waals surface area contributed by atoms with Crippen LogP contribution in [0.1, 0.15) is 24.5 Å². The molecule has 1 fully saturated rings. The van der Waals surface area contributed by atoms with E-state index in [4.69, 9.17) is 11.1 Å². The Morgan fingerprint density at radius 3 is 3.00 bits per heavy atom. The first-order valence-electron chi connectivity index (χ1n) is 6.23. The highest BCUT2D eigenvalue weighted by Crippen LogP contribution is 2.31. The summed E-state index contributed by atoms with van der Waals surface area (Å²) in [4.78, 5) is 6.45. The molecular formula is C13H20N4O. The Morgan fingerprint density at radius 1 is 1.67 bits per heavy atom. The zero-order chi connectivity index (χ0) is 13.3. The number of amidine groups is 1. The second-order valence-electron chi connectivity index (χ2n) is 4.95. The molecule has 0 amide bonds. The van der Waals surface area contributed by atoms with Gasteiger partial charge < -0.3 is 15.7 Å². The number of aliphatic hydroxyl groups excluding tert-OH is 1. The van der Waals surface area contributed by atoms with E-state index in [0.717, 1.165) is 24.3 Å². The molecule has 2 heterocycles. The molecule has 2 rings (SSSR count). The van der Waals surface area contributed by atoms with Crippen LogP contribution in [0, 0.1) is 18.3 Å². The molecule has 1 aromatic heterocycles. The minimum atomic E-state index is 0.0341. The van der Waals surface area contributed by atoms with Gasteiger partial charge in [0.05, 0.1) is 18.2 Å². The molecule has 0 bridgehead atoms. The van der Waals surface area contributed by atoms with Crippen molar-refractivity contribution >= 4 is 11.7 Å². The van der Waals surface area contributed by atoms with Crippen molar-refractivity contribution in [2.45, 2.75) is 26.3 Å². The molecule has 1 aliphatic rings. The molecule has 1 aliphatic heterocycles. The van der Waals surface area contributed by atoms with Crippen LogP contribution >= 0.6 is 0 Å². The van der Waals surface area contributed by atoms with Gasteiger partial charge in [-0.05, 0) is 30.9 Å². The summed E-state index contributed by atoms with van der Waals surface area (Å²) < 4.78 is 0. The van der Waals surface area contributed by atoms with Crippen LogP contribution in [-0.4, -0.2) is 35.1 Å². The first-order chi connectivity index (χ1) is 8.56. The van der Waals surface area contributed by atoms with Gasteiger partial charge in [-0.3, -0.25) is 5.41 Å². The molecule has 5 heteroatoms. The zero-order valence-corrected chi connectivity index (χ0v) is 10.8. The molecule has 1 saturated heterocycles. The fourth-order valence-corrected chi connectivity index (χ4v) is 2.64. The van der Waals surface area contributed by atoms with Crippen molar-refractivity contribution in [3.05, 3.63) is 23.4 Å². The smallest absolute Gasteiger partial charge is 0.140 e. The van der Waals surface area contributed by atoms with E-state index in [2.05, 4.69) is 16.8 Å². The number of anilines is 1. The Bertz CT molecular complexity index is 460. The van der Waals surface area contributed by atoms with Gasteiger partial charge in [0.2, 0.25) is 0 Å². The molecule has 0 saturated carbocycles. The summed E-state index contributed by atoms with van der Waals surface area (Å²) in [7, 11) is 0. The van der Waals surface area contributed by atoms with E-state index in [9.17, 15) is 5.11 Å². The monoisotopic (exact) mass is 248 g/mol. The molecule has 98 valence electrons. The van der Waals surface area contributed by atoms with E-state index < -0.39 is 0 Å². The van der Waals surface area contributed by atoms with Gasteiger partial charge in [-0.15, -0.1) is 0 Å². The maximum atomic E-state index is 9.51. The third-order valence-electron chi connectivity index (χ3n) is 3.75. The number of aromatic nitrogens is 1. The normalized spacial score (nSPS) is 23.4. The van der Waals surface area contributed by atoms with Gasteiger partial charge in [0, 0.05) is 12.7 Å². The third-order valence-corrected chi connectivity index (χ3v) is 3.75. The van der Waals surface area contributed by atoms with Crippen LogP contribution in [-0.2, 0) is 0 Å². The fourth-order valence-electron chi connectivity index (χ4n) is 2.64. The molecule has 0 aromatic carbocycles. The first-order valence-corrected chi connectivity index (χ1v) is 6.23. The minimum Gasteiger partial charge on any atom is -0.394 e. The second-order valence-corrected chi connectivity index (χ2v) is 4.95. The highest BCUT2D eigenvalue weighted by atomic mass is 16.3. The van der Waals surface area contributed by atoms with Gasteiger partial charge >= 0.3 is 0 Å². The number of rotatable bonds is 3. The number of aryl methyl sites for hydroxylation is 1. The Hall–Kier alpha value is -1.62. The molecule has 0 aliphatic carbocycles. The first kappa shape index (κ1) is 12.8. The van der Waals surface area contributed by atoms with E-state index in [0.29, 0.717) is 11.5 Å². The summed E-state index contributed by atoms with van der Waals surface area (Å²) in [5.41, 5.74) is 7.29. The zero-order valence-electron chi connectivity index (χ0n) is 10.8. The van der Waals surface area contributed by atoms with E-state index in [-0.39, 0.29) is 18.5 Å². The van der Waals surface area contributed by atoms with Crippen molar-refractivity contribution in [1.29, 1.82) is 5.41 Å². The lowest BCUT2D eigenvalue weighted by Crippen LogP contribution is -2.37. The molecule has 1 aromatic rings. The number of pyridine rings is 1. The summed E-state index contributed by atoms with van der Waals surface area (Å²) in [6, 6.07) is 1.92. The summed E-state index contributed by atoms with van der Waals surface area (Å²) >= 11 is 0. The predicted molar refractivity (Wildman–Crippen MR) is 72.0 cm³/mol. The SMILES string of the molecule is Cc1ccnc(N2CCC(C)C2CO)c1C(=N)N. The Labute approximate surface area is 107 Å². The number of nitrogens with one attached hydrogen (secondary N) is 1. The fraction of sp³-hybridized carbons (Fsp3) is 0.538. The summed E-state index contributed by atoms with van der Waals surface area (Å²) in [6.07, 6.45) is 2.76. The van der Waals surface area contributed by atoms with Gasteiger partial charge in [0.25, 0.3) is 0 Å². The van der Waals surface area contributed by atoms with Crippen molar-refractivity contribution in [1.82, 2.24) is 4.98 Å². The topological polar surface area (TPSA) is 86.2 Å². The summed E-state index contributed by atoms with van der Waals surface area (Å²) in [5.74, 6) is 1.19. The van der Waals surface area contributed by atoms with Gasteiger partial charge in [0.1, 0.15) is 11.7 Å². The lowest BCUT2D eigenvalue weighted by molar-refractivity contribution is 0.244. The van der Waals surface area contributed by atoms with Crippen LogP contribution in [0.4, 0.5) is 5.82 Å². The van der Waals surface area contributed by atoms with Crippen LogP contribution in [0.25, 0.3) is 0 Å². The molecule has 0 spiro atoms. The molecule has 2 unspecified atom stereocenters. The average molecular weight is 248 g/mol. The Kier molecular flexibility index (Phi) is 3.52. The number of hydrogen-bond acceptors (Lipinski definition) is 4. The second kappa shape index (κ2) is 4.94. The lowest BCUT2D eigenvalue weighted by atomic mass is 10.0. The van der Waals surface area contributed by atoms with E-state index >= 15 is 0 Å². The Morgan fingerprint density at radius 2 is 2.39 bits per heavy atom. The minimum absolute atomic E-state index is 0.0341. The largest absolute Gasteiger partial charge is 0.394 e. The van der Waals surface area contributed by atoms with Crippen molar-refractivity contribution < 1.29 is 5.11 Å². The highest BCUT2D eigenvalue weighted by molar-refractivity contribution is 6.01. The number of nitrogens with zero attached hydrogens (tertiary/aromatic N) is 2. The van der Waals surface area contributed by atoms with Crippen LogP contribution in [0.5, 0.6) is 0 Å². The highest BCUT2D eigenvalue weighted by Gasteiger charge is 2.33. The number of nitrogens with two attached hydrogens (primary N) is 1. The van der Waals surface area contributed by atoms with Crippen molar-refractivity contribution in [3.63, 3.8) is 0 Å². The number of nitrogen functional groups attached to an aromatic ring is 1. The lowest BCUT2D eigenvalue weighted by Gasteiger charge is -2.28. The molecule has 18 heavy (non-hydrogen) atoms. The van der Waals surface area contributed by atoms with Crippen molar-refractivity contribution in [2.75, 3.05) is 18.1 Å².